The average molecular weight is 294 g/mol. The first-order valence-corrected chi connectivity index (χ1v) is 8.70. The minimum atomic E-state index is 0.0278. The van der Waals surface area contributed by atoms with E-state index in [0.29, 0.717) is 6.04 Å². The van der Waals surface area contributed by atoms with Gasteiger partial charge >= 0.3 is 0 Å². The number of hydrogen-bond donors (Lipinski definition) is 2. The van der Waals surface area contributed by atoms with E-state index < -0.39 is 0 Å². The summed E-state index contributed by atoms with van der Waals surface area (Å²) in [6.07, 6.45) is 7.45. The largest absolute Gasteiger partial charge is 0.378 e. The van der Waals surface area contributed by atoms with Crippen LogP contribution in [0.15, 0.2) is 0 Å². The van der Waals surface area contributed by atoms with Gasteiger partial charge in [-0.05, 0) is 38.5 Å². The summed E-state index contributed by atoms with van der Waals surface area (Å²) in [6, 6.07) is 0.867. The predicted molar refractivity (Wildman–Crippen MR) is 83.0 cm³/mol. The van der Waals surface area contributed by atoms with Crippen molar-refractivity contribution in [3.8, 4) is 0 Å². The van der Waals surface area contributed by atoms with E-state index >= 15 is 0 Å². The summed E-state index contributed by atoms with van der Waals surface area (Å²) in [5, 5.41) is 6.83. The Hall–Kier alpha value is -0.610. The molecule has 0 aromatic rings. The Morgan fingerprint density at radius 3 is 2.71 bits per heavy atom. The summed E-state index contributed by atoms with van der Waals surface area (Å²) in [7, 11) is 0. The molecule has 1 saturated heterocycles. The van der Waals surface area contributed by atoms with Gasteiger partial charge in [0, 0.05) is 24.1 Å². The van der Waals surface area contributed by atoms with Crippen LogP contribution < -0.4 is 10.6 Å². The van der Waals surface area contributed by atoms with E-state index in [4.69, 9.17) is 4.74 Å². The third kappa shape index (κ3) is 2.85. The van der Waals surface area contributed by atoms with Crippen LogP contribution in [0.25, 0.3) is 0 Å². The molecule has 0 spiro atoms. The minimum Gasteiger partial charge on any atom is -0.378 e. The third-order valence-corrected chi connectivity index (χ3v) is 6.04. The van der Waals surface area contributed by atoms with Crippen molar-refractivity contribution in [3.05, 3.63) is 0 Å². The van der Waals surface area contributed by atoms with Crippen molar-refractivity contribution in [1.82, 2.24) is 10.6 Å². The average Bonchev–Trinajstić information content (AvgIpc) is 2.90. The Morgan fingerprint density at radius 1 is 1.29 bits per heavy atom. The van der Waals surface area contributed by atoms with Gasteiger partial charge in [-0.1, -0.05) is 26.7 Å². The van der Waals surface area contributed by atoms with Crippen LogP contribution in [0.5, 0.6) is 0 Å². The number of rotatable bonds is 4. The van der Waals surface area contributed by atoms with Gasteiger partial charge in [-0.2, -0.15) is 0 Å². The molecule has 21 heavy (non-hydrogen) atoms. The highest BCUT2D eigenvalue weighted by Crippen LogP contribution is 2.43. The lowest BCUT2D eigenvalue weighted by atomic mass is 9.64. The van der Waals surface area contributed by atoms with Crippen molar-refractivity contribution in [1.29, 1.82) is 0 Å². The van der Waals surface area contributed by atoms with Crippen LogP contribution >= 0.6 is 0 Å². The van der Waals surface area contributed by atoms with Crippen LogP contribution in [-0.2, 0) is 9.53 Å². The first kappa shape index (κ1) is 15.3. The van der Waals surface area contributed by atoms with E-state index in [-0.39, 0.29) is 29.5 Å². The van der Waals surface area contributed by atoms with Gasteiger partial charge in [-0.3, -0.25) is 4.79 Å². The quantitative estimate of drug-likeness (QED) is 0.836. The molecule has 2 aliphatic carbocycles. The Balaban J connectivity index is 1.51. The van der Waals surface area contributed by atoms with Gasteiger partial charge in [0.05, 0.1) is 12.1 Å². The molecular weight excluding hydrogens is 264 g/mol. The normalized spacial score (nSPS) is 41.2. The van der Waals surface area contributed by atoms with E-state index in [1.165, 1.54) is 25.7 Å². The monoisotopic (exact) mass is 294 g/mol. The lowest BCUT2D eigenvalue weighted by Crippen LogP contribution is -2.63. The van der Waals surface area contributed by atoms with Crippen molar-refractivity contribution < 1.29 is 9.53 Å². The Kier molecular flexibility index (Phi) is 4.28. The highest BCUT2D eigenvalue weighted by Gasteiger charge is 2.50. The van der Waals surface area contributed by atoms with Crippen molar-refractivity contribution in [2.45, 2.75) is 83.5 Å². The molecule has 4 heteroatoms. The van der Waals surface area contributed by atoms with Crippen molar-refractivity contribution in [2.24, 2.45) is 11.3 Å². The molecule has 0 aromatic carbocycles. The van der Waals surface area contributed by atoms with Crippen LogP contribution in [0, 0.1) is 11.3 Å². The lowest BCUT2D eigenvalue weighted by Gasteiger charge is -2.51. The summed E-state index contributed by atoms with van der Waals surface area (Å²) in [5.41, 5.74) is 0.0526. The van der Waals surface area contributed by atoms with E-state index in [1.807, 2.05) is 6.92 Å². The molecule has 2 N–H and O–H groups in total. The lowest BCUT2D eigenvalue weighted by molar-refractivity contribution is -0.138. The molecule has 3 rings (SSSR count). The number of fused-ring (bicyclic) bond motifs is 1. The Labute approximate surface area is 128 Å². The second-order valence-electron chi connectivity index (χ2n) is 7.67. The molecule has 0 aromatic heterocycles. The van der Waals surface area contributed by atoms with Gasteiger partial charge < -0.3 is 15.4 Å². The highest BCUT2D eigenvalue weighted by atomic mass is 16.5. The SMILES string of the molecule is CCOC1CC(NC(=O)C2CC3CCCCC3N2)C1(C)C. The van der Waals surface area contributed by atoms with Gasteiger partial charge in [0.1, 0.15) is 0 Å². The molecule has 0 bridgehead atoms. The topological polar surface area (TPSA) is 50.4 Å². The number of amides is 1. The molecule has 5 unspecified atom stereocenters. The first-order chi connectivity index (χ1) is 10.0. The van der Waals surface area contributed by atoms with Crippen molar-refractivity contribution in [3.63, 3.8) is 0 Å². The van der Waals surface area contributed by atoms with Crippen LogP contribution in [-0.4, -0.2) is 36.7 Å². The third-order valence-electron chi connectivity index (χ3n) is 6.04. The van der Waals surface area contributed by atoms with E-state index in [9.17, 15) is 4.79 Å². The van der Waals surface area contributed by atoms with Crippen molar-refractivity contribution in [2.75, 3.05) is 6.61 Å². The summed E-state index contributed by atoms with van der Waals surface area (Å²) < 4.78 is 5.74. The molecule has 3 fully saturated rings. The fourth-order valence-electron chi connectivity index (χ4n) is 4.41. The maximum Gasteiger partial charge on any atom is 0.237 e. The number of carbonyl (C=O) groups is 1. The van der Waals surface area contributed by atoms with E-state index in [2.05, 4.69) is 24.5 Å². The number of hydrogen-bond acceptors (Lipinski definition) is 3. The van der Waals surface area contributed by atoms with Gasteiger partial charge in [0.15, 0.2) is 0 Å². The summed E-state index contributed by atoms with van der Waals surface area (Å²) in [6.45, 7) is 7.18. The van der Waals surface area contributed by atoms with E-state index in [1.54, 1.807) is 0 Å². The van der Waals surface area contributed by atoms with Crippen LogP contribution in [0.4, 0.5) is 0 Å². The Morgan fingerprint density at radius 2 is 2.05 bits per heavy atom. The van der Waals surface area contributed by atoms with Gasteiger partial charge in [-0.25, -0.2) is 0 Å². The van der Waals surface area contributed by atoms with Gasteiger partial charge in [0.25, 0.3) is 0 Å². The van der Waals surface area contributed by atoms with Gasteiger partial charge in [-0.15, -0.1) is 0 Å². The summed E-state index contributed by atoms with van der Waals surface area (Å²) in [4.78, 5) is 12.5. The minimum absolute atomic E-state index is 0.0278. The smallest absolute Gasteiger partial charge is 0.237 e. The second-order valence-corrected chi connectivity index (χ2v) is 7.67. The zero-order chi connectivity index (χ0) is 15.0. The molecule has 0 radical (unpaired) electrons. The molecule has 5 atom stereocenters. The number of ether oxygens (including phenoxy) is 1. The summed E-state index contributed by atoms with van der Waals surface area (Å²) in [5.74, 6) is 0.928. The standard InChI is InChI=1S/C17H30N2O2/c1-4-21-15-10-14(17(15,2)3)19-16(20)13-9-11-7-5-6-8-12(11)18-13/h11-15,18H,4-10H2,1-3H3,(H,19,20). The fourth-order valence-corrected chi connectivity index (χ4v) is 4.41. The number of nitrogens with one attached hydrogen (secondary N) is 2. The zero-order valence-electron chi connectivity index (χ0n) is 13.7. The van der Waals surface area contributed by atoms with Crippen molar-refractivity contribution >= 4 is 5.91 Å². The summed E-state index contributed by atoms with van der Waals surface area (Å²) >= 11 is 0. The highest BCUT2D eigenvalue weighted by molar-refractivity contribution is 5.82. The molecule has 120 valence electrons. The first-order valence-electron chi connectivity index (χ1n) is 8.70. The van der Waals surface area contributed by atoms with Crippen LogP contribution in [0.1, 0.15) is 59.3 Å². The maximum absolute atomic E-state index is 12.5. The maximum atomic E-state index is 12.5. The van der Waals surface area contributed by atoms with Crippen LogP contribution in [0.2, 0.25) is 0 Å². The number of carbonyl (C=O) groups excluding carboxylic acids is 1. The van der Waals surface area contributed by atoms with Crippen LogP contribution in [0.3, 0.4) is 0 Å². The molecule has 2 saturated carbocycles. The van der Waals surface area contributed by atoms with E-state index in [0.717, 1.165) is 25.4 Å². The molecule has 1 aliphatic heterocycles. The fraction of sp³-hybridized carbons (Fsp3) is 0.941. The molecule has 3 aliphatic rings. The second kappa shape index (κ2) is 5.88. The molecule has 4 nitrogen and oxygen atoms in total. The van der Waals surface area contributed by atoms with Gasteiger partial charge in [0.2, 0.25) is 5.91 Å². The Bertz CT molecular complexity index is 382. The molecule has 1 amide bonds. The molecule has 1 heterocycles. The zero-order valence-corrected chi connectivity index (χ0v) is 13.7. The molecular formula is C17H30N2O2. The predicted octanol–water partition coefficient (Wildman–Crippen LogP) is 2.23.